The van der Waals surface area contributed by atoms with Crippen LogP contribution in [0.1, 0.15) is 10.4 Å². The van der Waals surface area contributed by atoms with E-state index in [2.05, 4.69) is 10.3 Å². The fourth-order valence-electron chi connectivity index (χ4n) is 1.27. The summed E-state index contributed by atoms with van der Waals surface area (Å²) in [6, 6.07) is 1.51. The first kappa shape index (κ1) is 11.5. The number of carbonyl (C=O) groups is 1. The molecule has 0 spiro atoms. The van der Waals surface area contributed by atoms with Crippen molar-refractivity contribution in [2.45, 2.75) is 0 Å². The van der Waals surface area contributed by atoms with E-state index in [0.29, 0.717) is 5.69 Å². The molecule has 15 heavy (non-hydrogen) atoms. The number of hydrogen-bond donors (Lipinski definition) is 2. The second kappa shape index (κ2) is 5.31. The van der Waals surface area contributed by atoms with E-state index in [-0.39, 0.29) is 5.56 Å². The molecular weight excluding hydrogens is 194 g/mol. The number of aromatic nitrogens is 1. The molecular formula is C10H15N3O2. The maximum absolute atomic E-state index is 10.9. The average molecular weight is 209 g/mol. The fourth-order valence-corrected chi connectivity index (χ4v) is 1.27. The lowest BCUT2D eigenvalue weighted by molar-refractivity contribution is 0.0697. The normalized spacial score (nSPS) is 10.0. The van der Waals surface area contributed by atoms with Gasteiger partial charge in [-0.1, -0.05) is 0 Å². The zero-order valence-corrected chi connectivity index (χ0v) is 8.90. The Bertz CT molecular complexity index is 341. The molecule has 0 saturated heterocycles. The average Bonchev–Trinajstić information content (AvgIpc) is 2.25. The molecule has 0 radical (unpaired) electrons. The Morgan fingerprint density at radius 1 is 1.67 bits per heavy atom. The molecule has 2 N–H and O–H groups in total. The number of rotatable bonds is 5. The highest BCUT2D eigenvalue weighted by molar-refractivity contribution is 5.94. The van der Waals surface area contributed by atoms with E-state index >= 15 is 0 Å². The fraction of sp³-hybridized carbons (Fsp3) is 0.400. The summed E-state index contributed by atoms with van der Waals surface area (Å²) in [4.78, 5) is 16.7. The van der Waals surface area contributed by atoms with Gasteiger partial charge in [0, 0.05) is 26.3 Å². The Labute approximate surface area is 88.7 Å². The van der Waals surface area contributed by atoms with Crippen molar-refractivity contribution < 1.29 is 9.90 Å². The van der Waals surface area contributed by atoms with Crippen LogP contribution in [0.2, 0.25) is 0 Å². The molecule has 0 fully saturated rings. The lowest BCUT2D eigenvalue weighted by Gasteiger charge is -2.20. The lowest BCUT2D eigenvalue weighted by atomic mass is 10.2. The molecule has 5 heteroatoms. The number of pyridine rings is 1. The number of carboxylic acids is 1. The van der Waals surface area contributed by atoms with Gasteiger partial charge in [-0.3, -0.25) is 4.98 Å². The first-order valence-corrected chi connectivity index (χ1v) is 4.70. The van der Waals surface area contributed by atoms with Gasteiger partial charge in [-0.25, -0.2) is 4.79 Å². The monoisotopic (exact) mass is 209 g/mol. The predicted octanol–water partition coefficient (Wildman–Crippen LogP) is 0.435. The van der Waals surface area contributed by atoms with Crippen molar-refractivity contribution in [2.24, 2.45) is 0 Å². The van der Waals surface area contributed by atoms with Crippen LogP contribution in [0, 0.1) is 0 Å². The van der Waals surface area contributed by atoms with Crippen molar-refractivity contribution in [1.29, 1.82) is 0 Å². The Morgan fingerprint density at radius 3 is 3.00 bits per heavy atom. The minimum Gasteiger partial charge on any atom is -0.478 e. The second-order valence-corrected chi connectivity index (χ2v) is 3.22. The summed E-state index contributed by atoms with van der Waals surface area (Å²) < 4.78 is 0. The summed E-state index contributed by atoms with van der Waals surface area (Å²) >= 11 is 0. The Kier molecular flexibility index (Phi) is 4.05. The third-order valence-electron chi connectivity index (χ3n) is 2.14. The Morgan fingerprint density at radius 2 is 2.40 bits per heavy atom. The standard InChI is InChI=1S/C10H15N3O2/c1-11-5-6-13(2)9-7-12-4-3-8(9)10(14)15/h3-4,7,11H,5-6H2,1-2H3,(H,14,15). The molecule has 0 aromatic carbocycles. The molecule has 0 aliphatic heterocycles. The van der Waals surface area contributed by atoms with Gasteiger partial charge in [-0.2, -0.15) is 0 Å². The maximum Gasteiger partial charge on any atom is 0.337 e. The van der Waals surface area contributed by atoms with Crippen LogP contribution in [-0.4, -0.2) is 43.2 Å². The summed E-state index contributed by atoms with van der Waals surface area (Å²) in [5, 5.41) is 12.0. The van der Waals surface area contributed by atoms with Gasteiger partial charge in [-0.15, -0.1) is 0 Å². The van der Waals surface area contributed by atoms with Gasteiger partial charge in [0.25, 0.3) is 0 Å². The van der Waals surface area contributed by atoms with Crippen LogP contribution in [0.25, 0.3) is 0 Å². The van der Waals surface area contributed by atoms with Crippen LogP contribution in [0.4, 0.5) is 5.69 Å². The van der Waals surface area contributed by atoms with E-state index < -0.39 is 5.97 Å². The highest BCUT2D eigenvalue weighted by atomic mass is 16.4. The first-order valence-electron chi connectivity index (χ1n) is 4.70. The molecule has 0 bridgehead atoms. The molecule has 1 aromatic rings. The molecule has 0 atom stereocenters. The second-order valence-electron chi connectivity index (χ2n) is 3.22. The van der Waals surface area contributed by atoms with E-state index in [9.17, 15) is 4.79 Å². The van der Waals surface area contributed by atoms with Crippen molar-refractivity contribution in [1.82, 2.24) is 10.3 Å². The van der Waals surface area contributed by atoms with Gasteiger partial charge in [-0.05, 0) is 13.1 Å². The Balaban J connectivity index is 2.87. The highest BCUT2D eigenvalue weighted by Crippen LogP contribution is 2.16. The van der Waals surface area contributed by atoms with Crippen LogP contribution in [-0.2, 0) is 0 Å². The van der Waals surface area contributed by atoms with E-state index in [4.69, 9.17) is 5.11 Å². The zero-order valence-electron chi connectivity index (χ0n) is 8.90. The third kappa shape index (κ3) is 2.92. The van der Waals surface area contributed by atoms with E-state index in [1.807, 2.05) is 19.0 Å². The van der Waals surface area contributed by atoms with E-state index in [0.717, 1.165) is 13.1 Å². The number of hydrogen-bond acceptors (Lipinski definition) is 4. The number of likely N-dealkylation sites (N-methyl/N-ethyl adjacent to an activating group) is 2. The molecule has 0 aliphatic rings. The molecule has 82 valence electrons. The van der Waals surface area contributed by atoms with Gasteiger partial charge in [0.2, 0.25) is 0 Å². The number of nitrogens with one attached hydrogen (secondary N) is 1. The summed E-state index contributed by atoms with van der Waals surface area (Å²) in [6.45, 7) is 1.53. The number of anilines is 1. The Hall–Kier alpha value is -1.62. The van der Waals surface area contributed by atoms with Crippen molar-refractivity contribution >= 4 is 11.7 Å². The molecule has 1 aromatic heterocycles. The topological polar surface area (TPSA) is 65.5 Å². The first-order chi connectivity index (χ1) is 7.16. The molecule has 0 amide bonds. The van der Waals surface area contributed by atoms with Crippen molar-refractivity contribution in [3.8, 4) is 0 Å². The smallest absolute Gasteiger partial charge is 0.337 e. The number of carboxylic acid groups (broad SMARTS) is 1. The van der Waals surface area contributed by atoms with E-state index in [1.165, 1.54) is 12.3 Å². The highest BCUT2D eigenvalue weighted by Gasteiger charge is 2.12. The van der Waals surface area contributed by atoms with Gasteiger partial charge in [0.05, 0.1) is 17.4 Å². The predicted molar refractivity (Wildman–Crippen MR) is 58.4 cm³/mol. The van der Waals surface area contributed by atoms with E-state index in [1.54, 1.807) is 6.20 Å². The quantitative estimate of drug-likeness (QED) is 0.736. The van der Waals surface area contributed by atoms with Crippen LogP contribution < -0.4 is 10.2 Å². The van der Waals surface area contributed by atoms with Crippen LogP contribution in [0.3, 0.4) is 0 Å². The SMILES string of the molecule is CNCCN(C)c1cnccc1C(=O)O. The minimum absolute atomic E-state index is 0.281. The van der Waals surface area contributed by atoms with Crippen LogP contribution >= 0.6 is 0 Å². The molecule has 0 unspecified atom stereocenters. The zero-order chi connectivity index (χ0) is 11.3. The summed E-state index contributed by atoms with van der Waals surface area (Å²) in [6.07, 6.45) is 3.05. The van der Waals surface area contributed by atoms with Gasteiger partial charge in [0.1, 0.15) is 0 Å². The maximum atomic E-state index is 10.9. The molecule has 1 rings (SSSR count). The minimum atomic E-state index is -0.927. The molecule has 0 aliphatic carbocycles. The lowest BCUT2D eigenvalue weighted by Crippen LogP contribution is -2.28. The largest absolute Gasteiger partial charge is 0.478 e. The summed E-state index contributed by atoms with van der Waals surface area (Å²) in [5.41, 5.74) is 0.920. The number of nitrogens with zero attached hydrogens (tertiary/aromatic N) is 2. The van der Waals surface area contributed by atoms with Crippen LogP contribution in [0.5, 0.6) is 0 Å². The van der Waals surface area contributed by atoms with Crippen molar-refractivity contribution in [3.05, 3.63) is 24.0 Å². The van der Waals surface area contributed by atoms with Gasteiger partial charge in [0.15, 0.2) is 0 Å². The molecule has 1 heterocycles. The third-order valence-corrected chi connectivity index (χ3v) is 2.14. The van der Waals surface area contributed by atoms with Gasteiger partial charge >= 0.3 is 5.97 Å². The van der Waals surface area contributed by atoms with Gasteiger partial charge < -0.3 is 15.3 Å². The van der Waals surface area contributed by atoms with Crippen LogP contribution in [0.15, 0.2) is 18.5 Å². The molecule has 0 saturated carbocycles. The van der Waals surface area contributed by atoms with Crippen molar-refractivity contribution in [3.63, 3.8) is 0 Å². The van der Waals surface area contributed by atoms with Crippen molar-refractivity contribution in [2.75, 3.05) is 32.1 Å². The number of aromatic carboxylic acids is 1. The molecule has 5 nitrogen and oxygen atoms in total. The summed E-state index contributed by atoms with van der Waals surface area (Å²) in [5.74, 6) is -0.927. The summed E-state index contributed by atoms with van der Waals surface area (Å²) in [7, 11) is 3.70.